The largest absolute Gasteiger partial charge is 0.346 e. The van der Waals surface area contributed by atoms with E-state index in [-0.39, 0.29) is 5.69 Å². The van der Waals surface area contributed by atoms with Crippen molar-refractivity contribution in [1.82, 2.24) is 15.0 Å². The number of fused-ring (bicyclic) bond motifs is 2. The lowest BCUT2D eigenvalue weighted by Crippen LogP contribution is -2.09. The number of aromatic amines is 1. The molecule has 0 fully saturated rings. The van der Waals surface area contributed by atoms with Gasteiger partial charge in [0.15, 0.2) is 0 Å². The van der Waals surface area contributed by atoms with E-state index < -0.39 is 0 Å². The van der Waals surface area contributed by atoms with Crippen molar-refractivity contribution in [2.24, 2.45) is 0 Å². The van der Waals surface area contributed by atoms with Gasteiger partial charge in [-0.2, -0.15) is 0 Å². The molecule has 0 radical (unpaired) electrons. The smallest absolute Gasteiger partial charge is 0.290 e. The minimum Gasteiger partial charge on any atom is -0.290 e. The summed E-state index contributed by atoms with van der Waals surface area (Å²) in [6.07, 6.45) is 1.53. The van der Waals surface area contributed by atoms with Gasteiger partial charge in [0.25, 0.3) is 0 Å². The first kappa shape index (κ1) is 9.47. The van der Waals surface area contributed by atoms with E-state index in [2.05, 4.69) is 30.9 Å². The van der Waals surface area contributed by atoms with Crippen LogP contribution < -0.4 is 5.69 Å². The summed E-state index contributed by atoms with van der Waals surface area (Å²) in [5, 5.41) is 1.85. The van der Waals surface area contributed by atoms with E-state index in [0.29, 0.717) is 5.65 Å². The predicted octanol–water partition coefficient (Wildman–Crippen LogP) is 2.23. The third kappa shape index (κ3) is 1.49. The molecule has 2 heterocycles. The lowest BCUT2D eigenvalue weighted by atomic mass is 10.2. The zero-order chi connectivity index (χ0) is 11.1. The Labute approximate surface area is 98.5 Å². The van der Waals surface area contributed by atoms with E-state index >= 15 is 0 Å². The fraction of sp³-hybridized carbons (Fsp3) is 0. The molecule has 0 saturated heterocycles. The first-order valence-corrected chi connectivity index (χ1v) is 5.47. The van der Waals surface area contributed by atoms with Gasteiger partial charge in [-0.05, 0) is 18.2 Å². The molecular weight excluding hydrogens is 270 g/mol. The maximum atomic E-state index is 11.1. The minimum atomic E-state index is -0.380. The molecule has 2 aromatic heterocycles. The second kappa shape index (κ2) is 3.38. The van der Waals surface area contributed by atoms with Gasteiger partial charge in [-0.15, -0.1) is 0 Å². The summed E-state index contributed by atoms with van der Waals surface area (Å²) in [5.41, 5.74) is 1.02. The first-order chi connectivity index (χ1) is 7.72. The molecule has 3 rings (SSSR count). The van der Waals surface area contributed by atoms with Crippen LogP contribution in [0.1, 0.15) is 0 Å². The quantitative estimate of drug-likeness (QED) is 0.640. The maximum Gasteiger partial charge on any atom is 0.346 e. The highest BCUT2D eigenvalue weighted by Gasteiger charge is 2.01. The molecule has 1 aromatic carbocycles. The second-order valence-corrected chi connectivity index (χ2v) is 4.37. The van der Waals surface area contributed by atoms with Gasteiger partial charge >= 0.3 is 5.69 Å². The molecule has 5 heteroatoms. The maximum absolute atomic E-state index is 11.1. The van der Waals surface area contributed by atoms with Crippen molar-refractivity contribution in [3.8, 4) is 0 Å². The Kier molecular flexibility index (Phi) is 2.00. The Morgan fingerprint density at radius 2 is 2.06 bits per heavy atom. The molecule has 0 aliphatic rings. The summed E-state index contributed by atoms with van der Waals surface area (Å²) in [6.45, 7) is 0. The van der Waals surface area contributed by atoms with Crippen molar-refractivity contribution >= 4 is 37.9 Å². The second-order valence-electron chi connectivity index (χ2n) is 3.45. The number of rotatable bonds is 0. The van der Waals surface area contributed by atoms with E-state index in [1.165, 1.54) is 6.20 Å². The van der Waals surface area contributed by atoms with Gasteiger partial charge in [-0.3, -0.25) is 4.98 Å². The summed E-state index contributed by atoms with van der Waals surface area (Å²) in [4.78, 5) is 21.7. The van der Waals surface area contributed by atoms with Crippen molar-refractivity contribution in [2.45, 2.75) is 0 Å². The van der Waals surface area contributed by atoms with Crippen LogP contribution in [0.4, 0.5) is 0 Å². The normalized spacial score (nSPS) is 11.1. The number of nitrogens with one attached hydrogen (secondary N) is 1. The van der Waals surface area contributed by atoms with Gasteiger partial charge in [0, 0.05) is 21.4 Å². The van der Waals surface area contributed by atoms with Crippen molar-refractivity contribution < 1.29 is 0 Å². The number of hydrogen-bond acceptors (Lipinski definition) is 3. The highest BCUT2D eigenvalue weighted by Crippen LogP contribution is 2.20. The standard InChI is InChI=1S/C11H6BrN3O/c12-8-2-1-6-3-7-5-13-11(16)15-10(7)14-9(6)4-8/h1-5H,(H,13,14,15,16). The van der Waals surface area contributed by atoms with Crippen LogP contribution in [0, 0.1) is 0 Å². The monoisotopic (exact) mass is 275 g/mol. The molecule has 0 spiro atoms. The van der Waals surface area contributed by atoms with Crippen LogP contribution in [-0.2, 0) is 0 Å². The number of H-pyrrole nitrogens is 1. The van der Waals surface area contributed by atoms with Crippen LogP contribution in [0.15, 0.2) is 39.7 Å². The van der Waals surface area contributed by atoms with E-state index in [9.17, 15) is 4.79 Å². The Morgan fingerprint density at radius 3 is 2.94 bits per heavy atom. The third-order valence-corrected chi connectivity index (χ3v) is 2.85. The van der Waals surface area contributed by atoms with Gasteiger partial charge in [-0.25, -0.2) is 14.8 Å². The zero-order valence-corrected chi connectivity index (χ0v) is 9.65. The Morgan fingerprint density at radius 1 is 1.19 bits per heavy atom. The van der Waals surface area contributed by atoms with Gasteiger partial charge in [0.1, 0.15) is 5.65 Å². The van der Waals surface area contributed by atoms with Crippen LogP contribution in [0.2, 0.25) is 0 Å². The number of pyridine rings is 1. The molecule has 4 nitrogen and oxygen atoms in total. The van der Waals surface area contributed by atoms with Gasteiger partial charge in [0.05, 0.1) is 5.52 Å². The molecule has 0 atom stereocenters. The Hall–Kier alpha value is -1.75. The lowest BCUT2D eigenvalue weighted by molar-refractivity contribution is 1.10. The molecule has 78 valence electrons. The highest BCUT2D eigenvalue weighted by molar-refractivity contribution is 9.10. The molecule has 0 saturated carbocycles. The number of halogens is 1. The average molecular weight is 276 g/mol. The molecule has 0 aliphatic carbocycles. The highest BCUT2D eigenvalue weighted by atomic mass is 79.9. The van der Waals surface area contributed by atoms with Gasteiger partial charge in [-0.1, -0.05) is 22.0 Å². The van der Waals surface area contributed by atoms with Crippen molar-refractivity contribution in [3.63, 3.8) is 0 Å². The molecule has 0 bridgehead atoms. The SMILES string of the molecule is O=c1ncc2cc3ccc(Br)cc3nc2[nH]1. The third-order valence-electron chi connectivity index (χ3n) is 2.36. The number of nitrogens with zero attached hydrogens (tertiary/aromatic N) is 2. The van der Waals surface area contributed by atoms with Gasteiger partial charge in [0.2, 0.25) is 0 Å². The summed E-state index contributed by atoms with van der Waals surface area (Å²) in [5.74, 6) is 0. The summed E-state index contributed by atoms with van der Waals surface area (Å²) < 4.78 is 0.961. The van der Waals surface area contributed by atoms with Gasteiger partial charge < -0.3 is 0 Å². The Bertz CT molecular complexity index is 751. The molecule has 0 amide bonds. The van der Waals surface area contributed by atoms with Crippen LogP contribution in [0.5, 0.6) is 0 Å². The average Bonchev–Trinajstić information content (AvgIpc) is 2.26. The first-order valence-electron chi connectivity index (χ1n) is 4.68. The predicted molar refractivity (Wildman–Crippen MR) is 65.4 cm³/mol. The fourth-order valence-electron chi connectivity index (χ4n) is 1.62. The molecule has 0 aliphatic heterocycles. The van der Waals surface area contributed by atoms with E-state index in [4.69, 9.17) is 0 Å². The minimum absolute atomic E-state index is 0.380. The fourth-order valence-corrected chi connectivity index (χ4v) is 1.97. The molecule has 16 heavy (non-hydrogen) atoms. The number of aromatic nitrogens is 3. The van der Waals surface area contributed by atoms with E-state index in [1.807, 2.05) is 24.3 Å². The van der Waals surface area contributed by atoms with Crippen molar-refractivity contribution in [3.05, 3.63) is 45.4 Å². The molecular formula is C11H6BrN3O. The zero-order valence-electron chi connectivity index (χ0n) is 8.07. The van der Waals surface area contributed by atoms with E-state index in [0.717, 1.165) is 20.8 Å². The topological polar surface area (TPSA) is 58.6 Å². The Balaban J connectivity index is 2.49. The summed E-state index contributed by atoms with van der Waals surface area (Å²) in [7, 11) is 0. The number of hydrogen-bond donors (Lipinski definition) is 1. The lowest BCUT2D eigenvalue weighted by Gasteiger charge is -2.00. The van der Waals surface area contributed by atoms with Crippen LogP contribution in [-0.4, -0.2) is 15.0 Å². The molecule has 1 N–H and O–H groups in total. The van der Waals surface area contributed by atoms with Crippen LogP contribution >= 0.6 is 15.9 Å². The summed E-state index contributed by atoms with van der Waals surface area (Å²) in [6, 6.07) is 7.78. The number of benzene rings is 1. The summed E-state index contributed by atoms with van der Waals surface area (Å²) >= 11 is 3.39. The van der Waals surface area contributed by atoms with Crippen molar-refractivity contribution in [1.29, 1.82) is 0 Å². The molecule has 3 aromatic rings. The van der Waals surface area contributed by atoms with E-state index in [1.54, 1.807) is 0 Å². The van der Waals surface area contributed by atoms with Crippen LogP contribution in [0.3, 0.4) is 0 Å². The molecule has 0 unspecified atom stereocenters. The van der Waals surface area contributed by atoms with Crippen molar-refractivity contribution in [2.75, 3.05) is 0 Å². The van der Waals surface area contributed by atoms with Crippen LogP contribution in [0.25, 0.3) is 21.9 Å².